The molecule has 3 aromatic heterocycles. The van der Waals surface area contributed by atoms with Gasteiger partial charge >= 0.3 is 0 Å². The lowest BCUT2D eigenvalue weighted by Gasteiger charge is -2.09. The van der Waals surface area contributed by atoms with Gasteiger partial charge in [0.05, 0.1) is 34.2 Å². The standard InChI is InChI=1S/C23H29N7OS/c1-3-16-8-4-5-9-17(27-16)14-30-23(31)20-18(13-26-30)21-22(29(20)2)28-19(32-21)10-6-7-15(25)11-12-24/h5,9,11-13,16,25H,3-4,6-8,10,14,24H2,1-2H3/b12-11-,25-15?. The third-order valence-corrected chi connectivity index (χ3v) is 6.95. The summed E-state index contributed by atoms with van der Waals surface area (Å²) in [5.74, 6) is 0. The fourth-order valence-electron chi connectivity index (χ4n) is 4.07. The smallest absolute Gasteiger partial charge is 0.291 e. The first kappa shape index (κ1) is 22.1. The van der Waals surface area contributed by atoms with E-state index in [2.05, 4.69) is 18.1 Å². The van der Waals surface area contributed by atoms with Gasteiger partial charge in [0, 0.05) is 18.1 Å². The van der Waals surface area contributed by atoms with Crippen molar-refractivity contribution >= 4 is 44.0 Å². The summed E-state index contributed by atoms with van der Waals surface area (Å²) in [7, 11) is 1.89. The second-order valence-electron chi connectivity index (χ2n) is 8.09. The van der Waals surface area contributed by atoms with Gasteiger partial charge in [-0.2, -0.15) is 5.10 Å². The predicted molar refractivity (Wildman–Crippen MR) is 132 cm³/mol. The number of thiazole rings is 1. The number of aryl methyl sites for hydroxylation is 2. The van der Waals surface area contributed by atoms with Gasteiger partial charge in [-0.3, -0.25) is 9.79 Å². The number of nitrogens with one attached hydrogen (secondary N) is 1. The van der Waals surface area contributed by atoms with Crippen LogP contribution in [0, 0.1) is 5.41 Å². The summed E-state index contributed by atoms with van der Waals surface area (Å²) in [6.45, 7) is 2.52. The number of hydrogen-bond acceptors (Lipinski definition) is 7. The van der Waals surface area contributed by atoms with Gasteiger partial charge in [0.1, 0.15) is 5.52 Å². The van der Waals surface area contributed by atoms with E-state index in [1.54, 1.807) is 23.6 Å². The third-order valence-electron chi connectivity index (χ3n) is 5.81. The summed E-state index contributed by atoms with van der Waals surface area (Å²) in [6.07, 6.45) is 14.3. The first-order valence-corrected chi connectivity index (χ1v) is 11.9. The second-order valence-corrected chi connectivity index (χ2v) is 9.17. The van der Waals surface area contributed by atoms with E-state index in [0.717, 1.165) is 58.6 Å². The van der Waals surface area contributed by atoms with Crippen LogP contribution in [0.15, 0.2) is 40.4 Å². The molecule has 4 heterocycles. The molecule has 1 atom stereocenters. The van der Waals surface area contributed by atoms with Gasteiger partial charge in [-0.1, -0.05) is 13.0 Å². The molecule has 9 heteroatoms. The van der Waals surface area contributed by atoms with Crippen molar-refractivity contribution in [1.82, 2.24) is 19.3 Å². The maximum atomic E-state index is 13.3. The third kappa shape index (κ3) is 4.43. The van der Waals surface area contributed by atoms with E-state index in [0.29, 0.717) is 30.2 Å². The number of hydrogen-bond donors (Lipinski definition) is 2. The summed E-state index contributed by atoms with van der Waals surface area (Å²) >= 11 is 1.60. The zero-order valence-electron chi connectivity index (χ0n) is 18.5. The summed E-state index contributed by atoms with van der Waals surface area (Å²) in [6, 6.07) is 0.303. The minimum absolute atomic E-state index is 0.118. The van der Waals surface area contributed by atoms with Crippen molar-refractivity contribution in [2.75, 3.05) is 0 Å². The van der Waals surface area contributed by atoms with E-state index in [4.69, 9.17) is 21.1 Å². The molecule has 0 bridgehead atoms. The Morgan fingerprint density at radius 2 is 2.28 bits per heavy atom. The van der Waals surface area contributed by atoms with Crippen LogP contribution in [0.3, 0.4) is 0 Å². The molecular formula is C23H29N7OS. The summed E-state index contributed by atoms with van der Waals surface area (Å²) < 4.78 is 4.37. The summed E-state index contributed by atoms with van der Waals surface area (Å²) in [5.41, 5.74) is 8.07. The molecule has 0 aliphatic carbocycles. The lowest BCUT2D eigenvalue weighted by molar-refractivity contribution is 0.603. The van der Waals surface area contributed by atoms with E-state index < -0.39 is 0 Å². The Morgan fingerprint density at radius 3 is 3.06 bits per heavy atom. The second kappa shape index (κ2) is 9.60. The predicted octanol–water partition coefficient (Wildman–Crippen LogP) is 3.73. The lowest BCUT2D eigenvalue weighted by atomic mass is 10.1. The zero-order valence-corrected chi connectivity index (χ0v) is 19.4. The fourth-order valence-corrected chi connectivity index (χ4v) is 5.22. The fraction of sp³-hybridized carbons (Fsp3) is 0.435. The van der Waals surface area contributed by atoms with Crippen LogP contribution in [0.25, 0.3) is 21.3 Å². The molecule has 0 fully saturated rings. The summed E-state index contributed by atoms with van der Waals surface area (Å²) in [4.78, 5) is 22.8. The van der Waals surface area contributed by atoms with E-state index in [-0.39, 0.29) is 5.56 Å². The Balaban J connectivity index is 1.61. The minimum atomic E-state index is -0.118. The number of nitrogens with two attached hydrogens (primary N) is 1. The first-order chi connectivity index (χ1) is 15.5. The highest BCUT2D eigenvalue weighted by atomic mass is 32.1. The van der Waals surface area contributed by atoms with Crippen molar-refractivity contribution in [3.8, 4) is 0 Å². The Hall–Kier alpha value is -3.07. The van der Waals surface area contributed by atoms with E-state index in [1.807, 2.05) is 17.7 Å². The highest BCUT2D eigenvalue weighted by Gasteiger charge is 2.19. The number of rotatable bonds is 8. The molecule has 0 radical (unpaired) electrons. The van der Waals surface area contributed by atoms with E-state index in [9.17, 15) is 4.79 Å². The number of nitrogens with zero attached hydrogens (tertiary/aromatic N) is 5. The van der Waals surface area contributed by atoms with Gasteiger partial charge in [-0.25, -0.2) is 9.67 Å². The molecule has 0 saturated carbocycles. The van der Waals surface area contributed by atoms with Crippen LogP contribution in [0.2, 0.25) is 0 Å². The molecule has 4 rings (SSSR count). The van der Waals surface area contributed by atoms with Crippen molar-refractivity contribution in [2.45, 2.75) is 58.0 Å². The molecule has 1 aliphatic heterocycles. The number of aromatic nitrogens is 4. The van der Waals surface area contributed by atoms with Crippen molar-refractivity contribution < 1.29 is 0 Å². The molecule has 32 heavy (non-hydrogen) atoms. The van der Waals surface area contributed by atoms with Crippen molar-refractivity contribution in [1.29, 1.82) is 5.41 Å². The molecule has 3 N–H and O–H groups in total. The minimum Gasteiger partial charge on any atom is -0.405 e. The SMILES string of the molecule is CCC1CCC=CC(Cn2ncc3c4sc(CCCC(=N)/C=C\N)nc4n(C)c3c2=O)=N1. The Morgan fingerprint density at radius 1 is 1.44 bits per heavy atom. The molecule has 3 aromatic rings. The van der Waals surface area contributed by atoms with Crippen LogP contribution in [-0.4, -0.2) is 36.8 Å². The van der Waals surface area contributed by atoms with Crippen LogP contribution in [0.4, 0.5) is 0 Å². The van der Waals surface area contributed by atoms with E-state index >= 15 is 0 Å². The van der Waals surface area contributed by atoms with E-state index in [1.165, 1.54) is 10.9 Å². The van der Waals surface area contributed by atoms with Crippen LogP contribution in [-0.2, 0) is 20.0 Å². The molecular weight excluding hydrogens is 422 g/mol. The Kier molecular flexibility index (Phi) is 6.64. The normalized spacial score (nSPS) is 16.8. The average molecular weight is 452 g/mol. The zero-order chi connectivity index (χ0) is 22.7. The van der Waals surface area contributed by atoms with Gasteiger partial charge in [0.25, 0.3) is 5.56 Å². The van der Waals surface area contributed by atoms with Crippen molar-refractivity contribution in [3.63, 3.8) is 0 Å². The van der Waals surface area contributed by atoms with Crippen LogP contribution in [0.1, 0.15) is 44.0 Å². The van der Waals surface area contributed by atoms with Gasteiger partial charge in [-0.05, 0) is 56.9 Å². The van der Waals surface area contributed by atoms with Gasteiger partial charge in [0.15, 0.2) is 5.65 Å². The Labute approximate surface area is 190 Å². The Bertz CT molecular complexity index is 1290. The largest absolute Gasteiger partial charge is 0.405 e. The average Bonchev–Trinajstić information content (AvgIpc) is 3.20. The number of aliphatic imine (C=N–C) groups is 1. The quantitative estimate of drug-likeness (QED) is 0.508. The molecule has 0 amide bonds. The van der Waals surface area contributed by atoms with Crippen LogP contribution >= 0.6 is 11.3 Å². The molecule has 168 valence electrons. The van der Waals surface area contributed by atoms with Gasteiger partial charge < -0.3 is 15.7 Å². The molecule has 0 saturated heterocycles. The molecule has 0 spiro atoms. The van der Waals surface area contributed by atoms with Crippen LogP contribution in [0.5, 0.6) is 0 Å². The summed E-state index contributed by atoms with van der Waals surface area (Å²) in [5, 5.41) is 14.1. The highest BCUT2D eigenvalue weighted by molar-refractivity contribution is 7.19. The molecule has 1 aliphatic rings. The van der Waals surface area contributed by atoms with Crippen LogP contribution < -0.4 is 11.3 Å². The topological polar surface area (TPSA) is 115 Å². The monoisotopic (exact) mass is 451 g/mol. The first-order valence-electron chi connectivity index (χ1n) is 11.0. The lowest BCUT2D eigenvalue weighted by Crippen LogP contribution is -2.27. The number of allylic oxidation sites excluding steroid dienone is 3. The van der Waals surface area contributed by atoms with Gasteiger partial charge in [-0.15, -0.1) is 11.3 Å². The molecule has 0 aromatic carbocycles. The van der Waals surface area contributed by atoms with Crippen molar-refractivity contribution in [2.24, 2.45) is 17.8 Å². The molecule has 1 unspecified atom stereocenters. The highest BCUT2D eigenvalue weighted by Crippen LogP contribution is 2.31. The maximum absolute atomic E-state index is 13.3. The maximum Gasteiger partial charge on any atom is 0.291 e. The van der Waals surface area contributed by atoms with Gasteiger partial charge in [0.2, 0.25) is 0 Å². The van der Waals surface area contributed by atoms with Crippen molar-refractivity contribution in [3.05, 3.63) is 46.0 Å². The number of fused-ring (bicyclic) bond motifs is 3. The molecule has 8 nitrogen and oxygen atoms in total.